The van der Waals surface area contributed by atoms with Gasteiger partial charge in [0.1, 0.15) is 5.75 Å². The van der Waals surface area contributed by atoms with Crippen molar-refractivity contribution < 1.29 is 9.53 Å². The molecule has 0 saturated heterocycles. The Morgan fingerprint density at radius 2 is 2.00 bits per heavy atom. The molecule has 0 aliphatic heterocycles. The van der Waals surface area contributed by atoms with E-state index < -0.39 is 0 Å². The number of amides is 1. The molecule has 1 aromatic carbocycles. The van der Waals surface area contributed by atoms with E-state index in [1.807, 2.05) is 19.1 Å². The number of aryl methyl sites for hydroxylation is 1. The highest BCUT2D eigenvalue weighted by molar-refractivity contribution is 9.09. The van der Waals surface area contributed by atoms with Gasteiger partial charge in [0.05, 0.1) is 7.11 Å². The first-order valence-electron chi connectivity index (χ1n) is 6.55. The molecule has 4 heteroatoms. The summed E-state index contributed by atoms with van der Waals surface area (Å²) in [6.45, 7) is 6.13. The molecule has 1 amide bonds. The Balaban J connectivity index is 2.94. The third-order valence-electron chi connectivity index (χ3n) is 3.66. The van der Waals surface area contributed by atoms with E-state index >= 15 is 0 Å². The zero-order valence-corrected chi connectivity index (χ0v) is 13.6. The molecule has 0 atom stereocenters. The van der Waals surface area contributed by atoms with Crippen LogP contribution in [0.15, 0.2) is 18.2 Å². The first-order chi connectivity index (χ1) is 9.01. The molecule has 0 aliphatic rings. The first-order valence-corrected chi connectivity index (χ1v) is 7.67. The monoisotopic (exact) mass is 327 g/mol. The molecule has 1 aromatic rings. The van der Waals surface area contributed by atoms with Crippen molar-refractivity contribution in [3.8, 4) is 5.75 Å². The van der Waals surface area contributed by atoms with Gasteiger partial charge in [0.15, 0.2) is 0 Å². The fourth-order valence-corrected chi connectivity index (χ4v) is 2.86. The molecular formula is C15H22BrNO2. The molecule has 0 spiro atoms. The number of rotatable bonds is 6. The van der Waals surface area contributed by atoms with Crippen molar-refractivity contribution in [1.29, 1.82) is 0 Å². The second-order valence-electron chi connectivity index (χ2n) is 4.76. The van der Waals surface area contributed by atoms with Crippen LogP contribution in [0.25, 0.3) is 0 Å². The molecule has 0 unspecified atom stereocenters. The maximum absolute atomic E-state index is 12.3. The lowest BCUT2D eigenvalue weighted by Gasteiger charge is -2.31. The highest BCUT2D eigenvalue weighted by atomic mass is 79.9. The topological polar surface area (TPSA) is 38.3 Å². The fraction of sp³-hybridized carbons (Fsp3) is 0.533. The lowest BCUT2D eigenvalue weighted by atomic mass is 9.95. The standard InChI is InChI=1S/C15H22BrNO2/c1-5-15(6-2,10-16)17-14(18)12-8-7-11(3)13(9-12)19-4/h7-9H,5-6,10H2,1-4H3,(H,17,18). The molecule has 0 aromatic heterocycles. The zero-order valence-electron chi connectivity index (χ0n) is 12.0. The molecule has 1 rings (SSSR count). The third-order valence-corrected chi connectivity index (χ3v) is 4.73. The summed E-state index contributed by atoms with van der Waals surface area (Å²) in [5.41, 5.74) is 1.47. The second kappa shape index (κ2) is 6.94. The molecule has 0 bridgehead atoms. The van der Waals surface area contributed by atoms with Gasteiger partial charge in [-0.05, 0) is 37.5 Å². The Labute approximate surface area is 123 Å². The summed E-state index contributed by atoms with van der Waals surface area (Å²) in [7, 11) is 1.62. The van der Waals surface area contributed by atoms with Crippen LogP contribution in [0.4, 0.5) is 0 Å². The molecule has 0 aliphatic carbocycles. The van der Waals surface area contributed by atoms with E-state index in [1.165, 1.54) is 0 Å². The molecule has 19 heavy (non-hydrogen) atoms. The molecule has 106 valence electrons. The number of hydrogen-bond acceptors (Lipinski definition) is 2. The average Bonchev–Trinajstić information content (AvgIpc) is 2.45. The van der Waals surface area contributed by atoms with Crippen LogP contribution in [0.3, 0.4) is 0 Å². The SMILES string of the molecule is CCC(CC)(CBr)NC(=O)c1ccc(C)c(OC)c1. The number of alkyl halides is 1. The molecular weight excluding hydrogens is 306 g/mol. The minimum atomic E-state index is -0.185. The smallest absolute Gasteiger partial charge is 0.251 e. The van der Waals surface area contributed by atoms with Gasteiger partial charge in [0.25, 0.3) is 5.91 Å². The summed E-state index contributed by atoms with van der Waals surface area (Å²) in [5.74, 6) is 0.687. The molecule has 1 N–H and O–H groups in total. The first kappa shape index (κ1) is 16.0. The normalized spacial score (nSPS) is 11.2. The molecule has 0 radical (unpaired) electrons. The van der Waals surface area contributed by atoms with Crippen LogP contribution in [0.1, 0.15) is 42.6 Å². The van der Waals surface area contributed by atoms with Crippen molar-refractivity contribution >= 4 is 21.8 Å². The number of benzene rings is 1. The summed E-state index contributed by atoms with van der Waals surface area (Å²) in [4.78, 5) is 12.3. The highest BCUT2D eigenvalue weighted by Gasteiger charge is 2.27. The summed E-state index contributed by atoms with van der Waals surface area (Å²) in [6.07, 6.45) is 1.78. The number of carbonyl (C=O) groups is 1. The van der Waals surface area contributed by atoms with E-state index in [9.17, 15) is 4.79 Å². The number of hydrogen-bond donors (Lipinski definition) is 1. The molecule has 0 fully saturated rings. The number of nitrogens with one attached hydrogen (secondary N) is 1. The van der Waals surface area contributed by atoms with Gasteiger partial charge in [-0.15, -0.1) is 0 Å². The van der Waals surface area contributed by atoms with E-state index in [4.69, 9.17) is 4.74 Å². The van der Waals surface area contributed by atoms with Gasteiger partial charge < -0.3 is 10.1 Å². The van der Waals surface area contributed by atoms with E-state index in [2.05, 4.69) is 35.1 Å². The van der Waals surface area contributed by atoms with Crippen molar-refractivity contribution in [2.24, 2.45) is 0 Å². The van der Waals surface area contributed by atoms with Crippen molar-refractivity contribution in [2.75, 3.05) is 12.4 Å². The summed E-state index contributed by atoms with van der Waals surface area (Å²) in [5, 5.41) is 3.88. The largest absolute Gasteiger partial charge is 0.496 e. The van der Waals surface area contributed by atoms with Crippen LogP contribution in [-0.4, -0.2) is 23.9 Å². The van der Waals surface area contributed by atoms with Gasteiger partial charge in [-0.25, -0.2) is 0 Å². The van der Waals surface area contributed by atoms with Crippen molar-refractivity contribution in [3.05, 3.63) is 29.3 Å². The number of halogens is 1. The molecule has 0 heterocycles. The van der Waals surface area contributed by atoms with E-state index in [-0.39, 0.29) is 11.4 Å². The number of methoxy groups -OCH3 is 1. The van der Waals surface area contributed by atoms with Crippen LogP contribution < -0.4 is 10.1 Å². The highest BCUT2D eigenvalue weighted by Crippen LogP contribution is 2.22. The van der Waals surface area contributed by atoms with Crippen molar-refractivity contribution in [3.63, 3.8) is 0 Å². The predicted molar refractivity (Wildman–Crippen MR) is 82.3 cm³/mol. The van der Waals surface area contributed by atoms with Gasteiger partial charge in [-0.1, -0.05) is 35.8 Å². The zero-order chi connectivity index (χ0) is 14.5. The van der Waals surface area contributed by atoms with Gasteiger partial charge in [0.2, 0.25) is 0 Å². The number of ether oxygens (including phenoxy) is 1. The van der Waals surface area contributed by atoms with Crippen LogP contribution in [0, 0.1) is 6.92 Å². The van der Waals surface area contributed by atoms with Crippen molar-refractivity contribution in [2.45, 2.75) is 39.2 Å². The van der Waals surface area contributed by atoms with Crippen LogP contribution in [0.5, 0.6) is 5.75 Å². The Kier molecular flexibility index (Phi) is 5.85. The van der Waals surface area contributed by atoms with Gasteiger partial charge >= 0.3 is 0 Å². The van der Waals surface area contributed by atoms with E-state index in [0.29, 0.717) is 5.56 Å². The minimum absolute atomic E-state index is 0.0542. The lowest BCUT2D eigenvalue weighted by Crippen LogP contribution is -2.49. The second-order valence-corrected chi connectivity index (χ2v) is 5.32. The van der Waals surface area contributed by atoms with E-state index in [1.54, 1.807) is 13.2 Å². The Hall–Kier alpha value is -1.03. The third kappa shape index (κ3) is 3.72. The van der Waals surface area contributed by atoms with E-state index in [0.717, 1.165) is 29.5 Å². The molecule has 0 saturated carbocycles. The summed E-state index contributed by atoms with van der Waals surface area (Å²) >= 11 is 3.49. The average molecular weight is 328 g/mol. The maximum Gasteiger partial charge on any atom is 0.251 e. The number of carbonyl (C=O) groups excluding carboxylic acids is 1. The van der Waals surface area contributed by atoms with Crippen LogP contribution in [0.2, 0.25) is 0 Å². The van der Waals surface area contributed by atoms with Gasteiger partial charge in [0, 0.05) is 16.4 Å². The minimum Gasteiger partial charge on any atom is -0.496 e. The predicted octanol–water partition coefficient (Wildman–Crippen LogP) is 3.69. The van der Waals surface area contributed by atoms with Crippen LogP contribution in [-0.2, 0) is 0 Å². The van der Waals surface area contributed by atoms with Crippen LogP contribution >= 0.6 is 15.9 Å². The summed E-state index contributed by atoms with van der Waals surface area (Å²) in [6, 6.07) is 5.52. The maximum atomic E-state index is 12.3. The Bertz CT molecular complexity index is 434. The summed E-state index contributed by atoms with van der Waals surface area (Å²) < 4.78 is 5.26. The quantitative estimate of drug-likeness (QED) is 0.809. The van der Waals surface area contributed by atoms with Gasteiger partial charge in [-0.2, -0.15) is 0 Å². The Morgan fingerprint density at radius 1 is 1.37 bits per heavy atom. The molecule has 3 nitrogen and oxygen atoms in total. The Morgan fingerprint density at radius 3 is 2.47 bits per heavy atom. The lowest BCUT2D eigenvalue weighted by molar-refractivity contribution is 0.0903. The fourth-order valence-electron chi connectivity index (χ4n) is 1.92. The van der Waals surface area contributed by atoms with Crippen molar-refractivity contribution in [1.82, 2.24) is 5.32 Å². The van der Waals surface area contributed by atoms with Gasteiger partial charge in [-0.3, -0.25) is 4.79 Å².